The number of fused-ring (bicyclic) bond motifs is 2. The zero-order chi connectivity index (χ0) is 31.8. The average molecular weight is 612 g/mol. The van der Waals surface area contributed by atoms with Crippen molar-refractivity contribution in [1.82, 2.24) is 25.3 Å². The van der Waals surface area contributed by atoms with E-state index in [4.69, 9.17) is 9.47 Å². The van der Waals surface area contributed by atoms with E-state index in [1.165, 1.54) is 0 Å². The van der Waals surface area contributed by atoms with E-state index in [9.17, 15) is 9.59 Å². The van der Waals surface area contributed by atoms with Gasteiger partial charge in [0.2, 0.25) is 5.91 Å². The van der Waals surface area contributed by atoms with Crippen LogP contribution < -0.4 is 14.8 Å². The highest BCUT2D eigenvalue weighted by Crippen LogP contribution is 2.31. The quantitative estimate of drug-likeness (QED) is 0.172. The van der Waals surface area contributed by atoms with E-state index in [0.29, 0.717) is 63.2 Å². The van der Waals surface area contributed by atoms with Gasteiger partial charge >= 0.3 is 0 Å². The molecule has 9 heteroatoms. The van der Waals surface area contributed by atoms with Crippen LogP contribution in [-0.2, 0) is 11.3 Å². The maximum atomic E-state index is 13.3. The molecule has 0 spiro atoms. The summed E-state index contributed by atoms with van der Waals surface area (Å²) in [5, 5.41) is 11.5. The summed E-state index contributed by atoms with van der Waals surface area (Å²) in [6.45, 7) is 13.1. The van der Waals surface area contributed by atoms with Crippen molar-refractivity contribution < 1.29 is 19.1 Å². The Morgan fingerprint density at radius 3 is 2.44 bits per heavy atom. The predicted molar refractivity (Wildman–Crippen MR) is 177 cm³/mol. The summed E-state index contributed by atoms with van der Waals surface area (Å²) in [5.74, 6) is 1.93. The molecule has 1 aromatic heterocycles. The van der Waals surface area contributed by atoms with E-state index >= 15 is 0 Å². The Kier molecular flexibility index (Phi) is 10.7. The molecule has 1 aliphatic heterocycles. The first-order chi connectivity index (χ1) is 21.8. The van der Waals surface area contributed by atoms with Gasteiger partial charge in [0, 0.05) is 61.7 Å². The largest absolute Gasteiger partial charge is 0.486 e. The molecule has 2 N–H and O–H groups in total. The van der Waals surface area contributed by atoms with Gasteiger partial charge in [-0.1, -0.05) is 50.2 Å². The van der Waals surface area contributed by atoms with Gasteiger partial charge in [0.1, 0.15) is 13.2 Å². The van der Waals surface area contributed by atoms with Gasteiger partial charge in [0.05, 0.1) is 11.2 Å². The van der Waals surface area contributed by atoms with Crippen LogP contribution >= 0.6 is 0 Å². The van der Waals surface area contributed by atoms with Crippen molar-refractivity contribution in [3.63, 3.8) is 0 Å². The van der Waals surface area contributed by atoms with Crippen LogP contribution in [0.15, 0.2) is 66.7 Å². The van der Waals surface area contributed by atoms with E-state index < -0.39 is 0 Å². The topological polar surface area (TPSA) is 99.8 Å². The van der Waals surface area contributed by atoms with Gasteiger partial charge in [-0.05, 0) is 62.1 Å². The molecule has 2 amide bonds. The summed E-state index contributed by atoms with van der Waals surface area (Å²) in [5.41, 5.74) is 4.53. The highest BCUT2D eigenvalue weighted by Gasteiger charge is 2.19. The first-order valence-electron chi connectivity index (χ1n) is 16.0. The van der Waals surface area contributed by atoms with E-state index in [0.717, 1.165) is 52.3 Å². The molecule has 238 valence electrons. The second-order valence-electron chi connectivity index (χ2n) is 12.3. The lowest BCUT2D eigenvalue weighted by Gasteiger charge is -2.31. The van der Waals surface area contributed by atoms with Gasteiger partial charge < -0.3 is 19.7 Å². The highest BCUT2D eigenvalue weighted by molar-refractivity contribution is 5.96. The second-order valence-corrected chi connectivity index (χ2v) is 12.3. The van der Waals surface area contributed by atoms with Crippen LogP contribution in [0.3, 0.4) is 0 Å². The monoisotopic (exact) mass is 611 g/mol. The second kappa shape index (κ2) is 15.1. The maximum Gasteiger partial charge on any atom is 0.251 e. The lowest BCUT2D eigenvalue weighted by Crippen LogP contribution is -2.42. The molecule has 45 heavy (non-hydrogen) atoms. The minimum absolute atomic E-state index is 0.122. The van der Waals surface area contributed by atoms with Crippen LogP contribution in [0.1, 0.15) is 56.5 Å². The summed E-state index contributed by atoms with van der Waals surface area (Å²) < 4.78 is 11.4. The number of aromatic nitrogens is 2. The summed E-state index contributed by atoms with van der Waals surface area (Å²) in [4.78, 5) is 30.5. The smallest absolute Gasteiger partial charge is 0.251 e. The fraction of sp³-hybridized carbons (Fsp3) is 0.417. The molecule has 0 saturated carbocycles. The molecule has 0 bridgehead atoms. The average Bonchev–Trinajstić information content (AvgIpc) is 3.48. The van der Waals surface area contributed by atoms with Crippen molar-refractivity contribution in [3.05, 3.63) is 77.9 Å². The molecule has 4 aromatic rings. The van der Waals surface area contributed by atoms with E-state index in [1.54, 1.807) is 0 Å². The van der Waals surface area contributed by atoms with Crippen LogP contribution in [0, 0.1) is 5.92 Å². The molecular formula is C36H45N5O4. The number of hydrogen-bond donors (Lipinski definition) is 2. The van der Waals surface area contributed by atoms with Gasteiger partial charge in [-0.25, -0.2) is 0 Å². The molecular weight excluding hydrogens is 566 g/mol. The fourth-order valence-electron chi connectivity index (χ4n) is 5.61. The van der Waals surface area contributed by atoms with E-state index in [2.05, 4.69) is 60.2 Å². The van der Waals surface area contributed by atoms with Crippen LogP contribution in [0.4, 0.5) is 0 Å². The third-order valence-corrected chi connectivity index (χ3v) is 8.06. The van der Waals surface area contributed by atoms with Crippen LogP contribution in [0.2, 0.25) is 0 Å². The summed E-state index contributed by atoms with van der Waals surface area (Å²) >= 11 is 0. The molecule has 0 unspecified atom stereocenters. The Labute approximate surface area is 265 Å². The number of para-hydroxylation sites is 1. The SMILES string of the molecule is CC(C)CN(CCN(Cc1ccc2c(c1)OCCO2)C(C)C)C(=O)CCCNC(=O)c1ccc(-c2n[nH]c3ccccc23)cc1. The lowest BCUT2D eigenvalue weighted by atomic mass is 10.1. The summed E-state index contributed by atoms with van der Waals surface area (Å²) in [6.07, 6.45) is 0.976. The Balaban J connectivity index is 1.09. The van der Waals surface area contributed by atoms with Crippen LogP contribution in [-0.4, -0.2) is 77.2 Å². The molecule has 0 atom stereocenters. The van der Waals surface area contributed by atoms with E-state index in [1.807, 2.05) is 59.5 Å². The first-order valence-corrected chi connectivity index (χ1v) is 16.0. The van der Waals surface area contributed by atoms with Gasteiger partial charge in [-0.15, -0.1) is 0 Å². The molecule has 1 aliphatic rings. The number of H-pyrrole nitrogens is 1. The normalized spacial score (nSPS) is 12.7. The number of ether oxygens (including phenoxy) is 2. The van der Waals surface area contributed by atoms with Crippen LogP contribution in [0.25, 0.3) is 22.2 Å². The van der Waals surface area contributed by atoms with Crippen molar-refractivity contribution in [2.75, 3.05) is 39.4 Å². The number of hydrogen-bond acceptors (Lipinski definition) is 6. The number of benzene rings is 3. The number of rotatable bonds is 14. The van der Waals surface area contributed by atoms with Gasteiger partial charge in [0.15, 0.2) is 11.5 Å². The minimum Gasteiger partial charge on any atom is -0.486 e. The number of nitrogens with one attached hydrogen (secondary N) is 2. The van der Waals surface area contributed by atoms with Crippen LogP contribution in [0.5, 0.6) is 11.5 Å². The third-order valence-electron chi connectivity index (χ3n) is 8.06. The van der Waals surface area contributed by atoms with Gasteiger partial charge in [-0.2, -0.15) is 5.10 Å². The molecule has 9 nitrogen and oxygen atoms in total. The van der Waals surface area contributed by atoms with Crippen molar-refractivity contribution in [2.24, 2.45) is 5.92 Å². The first kappa shape index (κ1) is 32.0. The maximum absolute atomic E-state index is 13.3. The minimum atomic E-state index is -0.147. The van der Waals surface area contributed by atoms with Crippen molar-refractivity contribution in [1.29, 1.82) is 0 Å². The molecule has 0 fully saturated rings. The number of carbonyl (C=O) groups is 2. The standard InChI is InChI=1S/C36H45N5O4/c1-25(2)23-41(19-18-40(26(3)4)24-27-11-16-32-33(22-27)45-21-20-44-32)34(42)10-7-17-37-36(43)29-14-12-28(13-15-29)35-30-8-5-6-9-31(30)38-39-35/h5-6,8-9,11-16,22,25-26H,7,10,17-21,23-24H2,1-4H3,(H,37,43)(H,38,39). The number of nitrogens with zero attached hydrogens (tertiary/aromatic N) is 3. The zero-order valence-electron chi connectivity index (χ0n) is 26.8. The van der Waals surface area contributed by atoms with E-state index in [-0.39, 0.29) is 11.8 Å². The molecule has 0 aliphatic carbocycles. The zero-order valence-corrected chi connectivity index (χ0v) is 26.8. The number of carbonyl (C=O) groups excluding carboxylic acids is 2. The molecule has 5 rings (SSSR count). The Morgan fingerprint density at radius 2 is 1.69 bits per heavy atom. The number of aromatic amines is 1. The lowest BCUT2D eigenvalue weighted by molar-refractivity contribution is -0.132. The third kappa shape index (κ3) is 8.42. The van der Waals surface area contributed by atoms with Gasteiger partial charge in [0.25, 0.3) is 5.91 Å². The predicted octanol–water partition coefficient (Wildman–Crippen LogP) is 5.91. The van der Waals surface area contributed by atoms with Crippen molar-refractivity contribution in [3.8, 4) is 22.8 Å². The number of amides is 2. The highest BCUT2D eigenvalue weighted by atomic mass is 16.6. The Bertz CT molecular complexity index is 1580. The van der Waals surface area contributed by atoms with Crippen molar-refractivity contribution >= 4 is 22.7 Å². The summed E-state index contributed by atoms with van der Waals surface area (Å²) in [7, 11) is 0. The molecule has 0 radical (unpaired) electrons. The molecule has 2 heterocycles. The fourth-order valence-corrected chi connectivity index (χ4v) is 5.61. The Hall–Kier alpha value is -4.37. The summed E-state index contributed by atoms with van der Waals surface area (Å²) in [6, 6.07) is 21.9. The Morgan fingerprint density at radius 1 is 0.933 bits per heavy atom. The molecule has 3 aromatic carbocycles. The molecule has 0 saturated heterocycles. The van der Waals surface area contributed by atoms with Gasteiger partial charge in [-0.3, -0.25) is 19.6 Å². The van der Waals surface area contributed by atoms with Crippen molar-refractivity contribution in [2.45, 2.75) is 53.1 Å².